The average Bonchev–Trinajstić information content (AvgIpc) is 2.86. The lowest BCUT2D eigenvalue weighted by molar-refractivity contribution is -0.384. The molecule has 1 fully saturated rings. The van der Waals surface area contributed by atoms with Crippen LogP contribution in [0.3, 0.4) is 0 Å². The second-order valence-corrected chi connectivity index (χ2v) is 9.19. The van der Waals surface area contributed by atoms with Crippen LogP contribution in [0.15, 0.2) is 18.2 Å². The third kappa shape index (κ3) is 6.28. The predicted octanol–water partition coefficient (Wildman–Crippen LogP) is 2.12. The third-order valence-electron chi connectivity index (χ3n) is 6.88. The number of fused-ring (bicyclic) bond motifs is 3. The molecule has 0 radical (unpaired) electrons. The monoisotopic (exact) mass is 493 g/mol. The van der Waals surface area contributed by atoms with Gasteiger partial charge in [0.15, 0.2) is 0 Å². The lowest BCUT2D eigenvalue weighted by atomic mass is 9.98. The molecule has 11 nitrogen and oxygen atoms in total. The van der Waals surface area contributed by atoms with Crippen molar-refractivity contribution in [2.75, 3.05) is 48.0 Å². The van der Waals surface area contributed by atoms with Crippen molar-refractivity contribution in [3.05, 3.63) is 33.9 Å². The first kappa shape index (κ1) is 26.8. The molecule has 1 aromatic rings. The molecule has 0 aromatic heterocycles. The number of benzene rings is 1. The number of carbonyl (C=O) groups excluding carboxylic acids is 2. The van der Waals surface area contributed by atoms with Crippen molar-refractivity contribution in [3.63, 3.8) is 0 Å². The Bertz CT molecular complexity index is 926. The Morgan fingerprint density at radius 1 is 1.06 bits per heavy atom. The van der Waals surface area contributed by atoms with Crippen LogP contribution in [0.2, 0.25) is 0 Å². The van der Waals surface area contributed by atoms with Crippen molar-refractivity contribution in [3.8, 4) is 5.75 Å². The Morgan fingerprint density at radius 2 is 1.77 bits per heavy atom. The molecule has 0 saturated carbocycles. The minimum atomic E-state index is -0.562. The fourth-order valence-corrected chi connectivity index (χ4v) is 4.61. The molecule has 194 valence electrons. The van der Waals surface area contributed by atoms with Gasteiger partial charge >= 0.3 is 0 Å². The Morgan fingerprint density at radius 3 is 2.43 bits per heavy atom. The zero-order valence-electron chi connectivity index (χ0n) is 21.0. The zero-order chi connectivity index (χ0) is 25.7. The summed E-state index contributed by atoms with van der Waals surface area (Å²) < 4.78 is 23.4. The highest BCUT2D eigenvalue weighted by Crippen LogP contribution is 2.29. The Labute approximate surface area is 205 Å². The Kier molecular flexibility index (Phi) is 9.03. The lowest BCUT2D eigenvalue weighted by Gasteiger charge is -2.37. The van der Waals surface area contributed by atoms with Crippen molar-refractivity contribution in [1.29, 1.82) is 0 Å². The van der Waals surface area contributed by atoms with E-state index in [1.54, 1.807) is 33.0 Å². The number of rotatable bonds is 3. The number of non-ortho nitro benzene ring substituents is 1. The van der Waals surface area contributed by atoms with E-state index in [4.69, 9.17) is 18.9 Å². The van der Waals surface area contributed by atoms with E-state index in [0.717, 1.165) is 12.8 Å². The minimum Gasteiger partial charge on any atom is -0.490 e. The molecule has 2 aliphatic heterocycles. The molecule has 1 saturated heterocycles. The number of hydrogen-bond acceptors (Lipinski definition) is 8. The van der Waals surface area contributed by atoms with Gasteiger partial charge in [-0.2, -0.15) is 0 Å². The number of nitro benzene ring substituents is 1. The first-order valence-corrected chi connectivity index (χ1v) is 11.8. The summed E-state index contributed by atoms with van der Waals surface area (Å²) in [6, 6.07) is 3.94. The van der Waals surface area contributed by atoms with Crippen molar-refractivity contribution in [2.45, 2.75) is 50.6 Å². The van der Waals surface area contributed by atoms with E-state index in [-0.39, 0.29) is 54.4 Å². The molecule has 3 rings (SSSR count). The topological polar surface area (TPSA) is 121 Å². The Hall–Kier alpha value is -2.76. The van der Waals surface area contributed by atoms with Gasteiger partial charge in [0.05, 0.1) is 34.7 Å². The van der Waals surface area contributed by atoms with Gasteiger partial charge in [-0.25, -0.2) is 0 Å². The van der Waals surface area contributed by atoms with Crippen LogP contribution >= 0.6 is 0 Å². The van der Waals surface area contributed by atoms with Crippen LogP contribution in [0.4, 0.5) is 5.69 Å². The molecule has 0 spiro atoms. The maximum Gasteiger partial charge on any atom is 0.270 e. The number of nitro groups is 1. The lowest BCUT2D eigenvalue weighted by Crippen LogP contribution is -2.47. The van der Waals surface area contributed by atoms with Gasteiger partial charge in [-0.1, -0.05) is 6.92 Å². The highest BCUT2D eigenvalue weighted by atomic mass is 16.6. The first-order valence-electron chi connectivity index (χ1n) is 11.8. The van der Waals surface area contributed by atoms with E-state index >= 15 is 0 Å². The summed E-state index contributed by atoms with van der Waals surface area (Å²) in [5.41, 5.74) is -0.165. The highest BCUT2D eigenvalue weighted by Gasteiger charge is 2.34. The molecule has 2 aliphatic rings. The van der Waals surface area contributed by atoms with Gasteiger partial charge in [-0.3, -0.25) is 19.7 Å². The van der Waals surface area contributed by atoms with Gasteiger partial charge in [0.2, 0.25) is 5.91 Å². The van der Waals surface area contributed by atoms with Crippen LogP contribution in [0.1, 0.15) is 36.5 Å². The van der Waals surface area contributed by atoms with E-state index in [0.29, 0.717) is 13.0 Å². The van der Waals surface area contributed by atoms with Crippen LogP contribution < -0.4 is 4.74 Å². The number of likely N-dealkylation sites (N-methyl/N-ethyl adjacent to an activating group) is 1. The molecule has 0 N–H and O–H groups in total. The third-order valence-corrected chi connectivity index (χ3v) is 6.88. The van der Waals surface area contributed by atoms with E-state index in [9.17, 15) is 19.7 Å². The summed E-state index contributed by atoms with van der Waals surface area (Å²) in [6.45, 7) is 2.53. The molecule has 2 bridgehead atoms. The van der Waals surface area contributed by atoms with Gasteiger partial charge in [0.1, 0.15) is 18.5 Å². The largest absolute Gasteiger partial charge is 0.490 e. The summed E-state index contributed by atoms with van der Waals surface area (Å²) in [5, 5.41) is 11.4. The molecule has 1 aromatic carbocycles. The molecule has 2 amide bonds. The second kappa shape index (κ2) is 11.8. The molecule has 35 heavy (non-hydrogen) atoms. The van der Waals surface area contributed by atoms with E-state index in [1.807, 2.05) is 0 Å². The number of nitrogens with zero attached hydrogens (tertiary/aromatic N) is 3. The Balaban J connectivity index is 1.98. The van der Waals surface area contributed by atoms with Crippen molar-refractivity contribution in [1.82, 2.24) is 9.80 Å². The smallest absolute Gasteiger partial charge is 0.270 e. The first-order chi connectivity index (χ1) is 16.7. The number of hydrogen-bond donors (Lipinski definition) is 0. The number of ether oxygens (including phenoxy) is 4. The zero-order valence-corrected chi connectivity index (χ0v) is 21.0. The van der Waals surface area contributed by atoms with Crippen LogP contribution in [0.5, 0.6) is 5.75 Å². The van der Waals surface area contributed by atoms with E-state index < -0.39 is 22.9 Å². The molecule has 11 heteroatoms. The summed E-state index contributed by atoms with van der Waals surface area (Å²) in [7, 11) is 6.43. The van der Waals surface area contributed by atoms with E-state index in [2.05, 4.69) is 0 Å². The second-order valence-electron chi connectivity index (χ2n) is 9.19. The molecule has 0 aliphatic carbocycles. The number of amides is 2. The van der Waals surface area contributed by atoms with Gasteiger partial charge < -0.3 is 28.7 Å². The fourth-order valence-electron chi connectivity index (χ4n) is 4.61. The maximum atomic E-state index is 13.4. The normalized spacial score (nSPS) is 28.9. The highest BCUT2D eigenvalue weighted by molar-refractivity contribution is 5.97. The molecular formula is C24H35N3O8. The van der Waals surface area contributed by atoms with Gasteiger partial charge in [-0.15, -0.1) is 0 Å². The summed E-state index contributed by atoms with van der Waals surface area (Å²) in [6.07, 6.45) is 1.01. The SMILES string of the molecule is CO[C@@H]1CN(C)C(=O)c2cc([N+](=O)[O-])ccc2OC[C@H]2O[C@H](CC[C@H]2OC)CCN(C)C(=O)[C@H]1C. The predicted molar refractivity (Wildman–Crippen MR) is 126 cm³/mol. The molecular weight excluding hydrogens is 458 g/mol. The molecule has 5 atom stereocenters. The summed E-state index contributed by atoms with van der Waals surface area (Å²) in [5.74, 6) is -0.854. The summed E-state index contributed by atoms with van der Waals surface area (Å²) >= 11 is 0. The average molecular weight is 494 g/mol. The van der Waals surface area contributed by atoms with Gasteiger partial charge in [0.25, 0.3) is 11.6 Å². The van der Waals surface area contributed by atoms with Crippen molar-refractivity contribution < 1.29 is 33.5 Å². The van der Waals surface area contributed by atoms with Crippen LogP contribution in [-0.2, 0) is 19.0 Å². The van der Waals surface area contributed by atoms with Crippen LogP contribution in [0, 0.1) is 16.0 Å². The quantitative estimate of drug-likeness (QED) is 0.464. The standard InChI is InChI=1S/C24H35N3O8/c1-15-21(33-5)13-26(3)24(29)18-12-16(27(30)31)6-8-19(18)34-14-22-20(32-4)9-7-17(35-22)10-11-25(2)23(15)28/h6,8,12,15,17,20-22H,7,9-11,13-14H2,1-5H3/t15-,17+,20+,21+,22+/m0/s1. The molecule has 0 unspecified atom stereocenters. The van der Waals surface area contributed by atoms with E-state index in [1.165, 1.54) is 30.2 Å². The van der Waals surface area contributed by atoms with Gasteiger partial charge in [0, 0.05) is 53.5 Å². The number of methoxy groups -OCH3 is 2. The maximum absolute atomic E-state index is 13.4. The van der Waals surface area contributed by atoms with Crippen molar-refractivity contribution >= 4 is 17.5 Å². The van der Waals surface area contributed by atoms with Crippen LogP contribution in [-0.4, -0.2) is 99.0 Å². The summed E-state index contributed by atoms with van der Waals surface area (Å²) in [4.78, 5) is 40.3. The van der Waals surface area contributed by atoms with Crippen molar-refractivity contribution in [2.24, 2.45) is 5.92 Å². The van der Waals surface area contributed by atoms with Gasteiger partial charge in [-0.05, 0) is 25.3 Å². The molecule has 2 heterocycles. The fraction of sp³-hybridized carbons (Fsp3) is 0.667. The number of carbonyl (C=O) groups is 2. The van der Waals surface area contributed by atoms with Crippen LogP contribution in [0.25, 0.3) is 0 Å². The minimum absolute atomic E-state index is 0.0565.